The molecular formula is C2H5Cl2P. The number of hydrogen-bond donors (Lipinski definition) is 0. The van der Waals surface area contributed by atoms with Crippen LogP contribution in [-0.4, -0.2) is 12.3 Å². The second kappa shape index (κ2) is 3.21. The van der Waals surface area contributed by atoms with Crippen molar-refractivity contribution in [1.82, 2.24) is 0 Å². The first-order valence-corrected chi connectivity index (χ1v) is 4.61. The molecule has 0 nitrogen and oxygen atoms in total. The minimum absolute atomic E-state index is 0.361. The van der Waals surface area contributed by atoms with E-state index in [9.17, 15) is 0 Å². The van der Waals surface area contributed by atoms with E-state index >= 15 is 0 Å². The summed E-state index contributed by atoms with van der Waals surface area (Å²) < 4.78 is 0. The van der Waals surface area contributed by atoms with Gasteiger partial charge in [0, 0.05) is 7.27 Å². The number of hydrogen-bond acceptors (Lipinski definition) is 0. The predicted octanol–water partition coefficient (Wildman–Crippen LogP) is 2.45. The van der Waals surface area contributed by atoms with Gasteiger partial charge in [-0.15, -0.1) is 11.6 Å². The van der Waals surface area contributed by atoms with Gasteiger partial charge in [-0.05, 0) is 6.66 Å². The van der Waals surface area contributed by atoms with E-state index in [2.05, 4.69) is 0 Å². The van der Waals surface area contributed by atoms with E-state index in [0.717, 1.165) is 0 Å². The fraction of sp³-hybridized carbons (Fsp3) is 1.00. The molecule has 0 amide bonds. The highest BCUT2D eigenvalue weighted by molar-refractivity contribution is 7.84. The predicted molar refractivity (Wildman–Crippen MR) is 29.4 cm³/mol. The van der Waals surface area contributed by atoms with Crippen LogP contribution in [0.5, 0.6) is 0 Å². The molecule has 5 heavy (non-hydrogen) atoms. The molecule has 32 valence electrons. The second-order valence-electron chi connectivity index (χ2n) is 0.724. The molecule has 0 aromatic heterocycles. The molecule has 0 aromatic carbocycles. The minimum atomic E-state index is -0.361. The molecule has 0 rings (SSSR count). The molecule has 0 radical (unpaired) electrons. The van der Waals surface area contributed by atoms with E-state index in [4.69, 9.17) is 22.8 Å². The summed E-state index contributed by atoms with van der Waals surface area (Å²) >= 11 is 10.6. The van der Waals surface area contributed by atoms with Crippen LogP contribution in [0.15, 0.2) is 0 Å². The molecule has 0 fully saturated rings. The SMILES string of the molecule is CP(Cl)CCl. The Balaban J connectivity index is 2.54. The van der Waals surface area contributed by atoms with Crippen LogP contribution in [0.1, 0.15) is 0 Å². The molecule has 0 saturated carbocycles. The Morgan fingerprint density at radius 2 is 2.00 bits per heavy atom. The molecule has 0 aromatic rings. The van der Waals surface area contributed by atoms with E-state index < -0.39 is 0 Å². The number of rotatable bonds is 1. The fourth-order valence-corrected chi connectivity index (χ4v) is 0. The lowest BCUT2D eigenvalue weighted by Crippen LogP contribution is -1.52. The Morgan fingerprint density at radius 3 is 2.00 bits per heavy atom. The second-order valence-corrected chi connectivity index (χ2v) is 4.62. The highest BCUT2D eigenvalue weighted by Crippen LogP contribution is 2.36. The van der Waals surface area contributed by atoms with Crippen molar-refractivity contribution in [2.75, 3.05) is 12.3 Å². The zero-order valence-corrected chi connectivity index (χ0v) is 5.32. The molecule has 3 heteroatoms. The Kier molecular flexibility index (Phi) is 3.86. The summed E-state index contributed by atoms with van der Waals surface area (Å²) in [6.07, 6.45) is 0. The summed E-state index contributed by atoms with van der Waals surface area (Å²) in [6, 6.07) is 0. The summed E-state index contributed by atoms with van der Waals surface area (Å²) in [5.74, 6) is 0. The molecule has 0 aliphatic carbocycles. The largest absolute Gasteiger partial charge is 0.120 e. The zero-order chi connectivity index (χ0) is 4.28. The summed E-state index contributed by atoms with van der Waals surface area (Å²) in [5.41, 5.74) is 0.608. The third-order valence-corrected chi connectivity index (χ3v) is 2.30. The summed E-state index contributed by atoms with van der Waals surface area (Å²) in [6.45, 7) is 1.92. The van der Waals surface area contributed by atoms with Crippen molar-refractivity contribution in [1.29, 1.82) is 0 Å². The zero-order valence-electron chi connectivity index (χ0n) is 2.91. The van der Waals surface area contributed by atoms with E-state index in [1.807, 2.05) is 6.66 Å². The maximum atomic E-state index is 5.40. The molecule has 0 saturated heterocycles. The Morgan fingerprint density at radius 1 is 1.80 bits per heavy atom. The molecular weight excluding hydrogens is 126 g/mol. The van der Waals surface area contributed by atoms with E-state index in [1.54, 1.807) is 0 Å². The van der Waals surface area contributed by atoms with Crippen LogP contribution in [0.25, 0.3) is 0 Å². The molecule has 0 aliphatic heterocycles. The molecule has 0 N–H and O–H groups in total. The van der Waals surface area contributed by atoms with Gasteiger partial charge < -0.3 is 0 Å². The standard InChI is InChI=1S/C2H5Cl2P/c1-5(4)2-3/h2H2,1H3. The lowest BCUT2D eigenvalue weighted by molar-refractivity contribution is 2.14. The molecule has 1 unspecified atom stereocenters. The molecule has 0 heterocycles. The van der Waals surface area contributed by atoms with Crippen LogP contribution >= 0.6 is 30.1 Å². The van der Waals surface area contributed by atoms with Crippen LogP contribution in [0, 0.1) is 0 Å². The van der Waals surface area contributed by atoms with Crippen molar-refractivity contribution in [3.05, 3.63) is 0 Å². The van der Waals surface area contributed by atoms with Crippen molar-refractivity contribution < 1.29 is 0 Å². The first-order valence-electron chi connectivity index (χ1n) is 1.20. The van der Waals surface area contributed by atoms with E-state index in [-0.39, 0.29) is 7.27 Å². The minimum Gasteiger partial charge on any atom is -0.120 e. The third-order valence-electron chi connectivity index (χ3n) is 0.165. The van der Waals surface area contributed by atoms with Crippen molar-refractivity contribution in [2.45, 2.75) is 0 Å². The number of halogens is 2. The van der Waals surface area contributed by atoms with Gasteiger partial charge in [0.15, 0.2) is 0 Å². The van der Waals surface area contributed by atoms with Crippen molar-refractivity contribution in [2.24, 2.45) is 0 Å². The molecule has 0 bridgehead atoms. The quantitative estimate of drug-likeness (QED) is 0.378. The lowest BCUT2D eigenvalue weighted by atomic mass is 11.9. The van der Waals surface area contributed by atoms with Crippen LogP contribution < -0.4 is 0 Å². The van der Waals surface area contributed by atoms with Gasteiger partial charge in [0.25, 0.3) is 0 Å². The third kappa shape index (κ3) is 5.01. The Hall–Kier alpha value is 1.01. The smallest absolute Gasteiger partial charge is 0.0561 e. The van der Waals surface area contributed by atoms with Gasteiger partial charge in [-0.3, -0.25) is 0 Å². The first-order chi connectivity index (χ1) is 2.27. The monoisotopic (exact) mass is 130 g/mol. The van der Waals surface area contributed by atoms with Crippen LogP contribution in [-0.2, 0) is 0 Å². The van der Waals surface area contributed by atoms with E-state index in [0.29, 0.717) is 5.62 Å². The van der Waals surface area contributed by atoms with Crippen molar-refractivity contribution >= 4 is 30.1 Å². The van der Waals surface area contributed by atoms with Crippen LogP contribution in [0.2, 0.25) is 0 Å². The molecule has 1 atom stereocenters. The van der Waals surface area contributed by atoms with Gasteiger partial charge in [-0.2, -0.15) is 0 Å². The van der Waals surface area contributed by atoms with Gasteiger partial charge in [0.2, 0.25) is 0 Å². The molecule has 0 aliphatic rings. The van der Waals surface area contributed by atoms with E-state index in [1.165, 1.54) is 0 Å². The Labute approximate surface area is 43.0 Å². The maximum absolute atomic E-state index is 5.40. The summed E-state index contributed by atoms with van der Waals surface area (Å²) in [7, 11) is -0.361. The van der Waals surface area contributed by atoms with Crippen LogP contribution in [0.3, 0.4) is 0 Å². The topological polar surface area (TPSA) is 0 Å². The van der Waals surface area contributed by atoms with Gasteiger partial charge in [0.05, 0.1) is 5.62 Å². The first kappa shape index (κ1) is 6.01. The summed E-state index contributed by atoms with van der Waals surface area (Å²) in [4.78, 5) is 0. The van der Waals surface area contributed by atoms with Gasteiger partial charge in [-0.1, -0.05) is 11.2 Å². The Bertz CT molecular complexity index is 21.6. The summed E-state index contributed by atoms with van der Waals surface area (Å²) in [5, 5.41) is 0. The lowest BCUT2D eigenvalue weighted by Gasteiger charge is -1.86. The van der Waals surface area contributed by atoms with Gasteiger partial charge in [0.1, 0.15) is 0 Å². The average Bonchev–Trinajstić information content (AvgIpc) is 1.38. The fourth-order valence-electron chi connectivity index (χ4n) is 0. The average molecular weight is 131 g/mol. The van der Waals surface area contributed by atoms with Gasteiger partial charge >= 0.3 is 0 Å². The van der Waals surface area contributed by atoms with Gasteiger partial charge in [-0.25, -0.2) is 0 Å². The molecule has 0 spiro atoms. The normalized spacial score (nSPS) is 15.0. The van der Waals surface area contributed by atoms with Crippen molar-refractivity contribution in [3.63, 3.8) is 0 Å². The number of alkyl halides is 1. The maximum Gasteiger partial charge on any atom is 0.0561 e. The highest BCUT2D eigenvalue weighted by atomic mass is 35.7. The van der Waals surface area contributed by atoms with Crippen LogP contribution in [0.4, 0.5) is 0 Å². The highest BCUT2D eigenvalue weighted by Gasteiger charge is 1.84. The van der Waals surface area contributed by atoms with Crippen molar-refractivity contribution in [3.8, 4) is 0 Å².